The van der Waals surface area contributed by atoms with Crippen LogP contribution in [0, 0.1) is 5.82 Å². The molecule has 24 heavy (non-hydrogen) atoms. The summed E-state index contributed by atoms with van der Waals surface area (Å²) >= 11 is 0. The second-order valence-electron chi connectivity index (χ2n) is 6.75. The quantitative estimate of drug-likeness (QED) is 0.894. The van der Waals surface area contributed by atoms with E-state index in [4.69, 9.17) is 9.47 Å². The minimum absolute atomic E-state index is 0.00288. The molecule has 1 N–H and O–H groups in total. The molecule has 1 aromatic rings. The van der Waals surface area contributed by atoms with Crippen LogP contribution in [0.15, 0.2) is 24.3 Å². The van der Waals surface area contributed by atoms with Gasteiger partial charge in [0.05, 0.1) is 19.8 Å². The zero-order valence-electron chi connectivity index (χ0n) is 14.1. The van der Waals surface area contributed by atoms with E-state index in [0.29, 0.717) is 26.3 Å². The van der Waals surface area contributed by atoms with E-state index >= 15 is 0 Å². The van der Waals surface area contributed by atoms with E-state index in [1.807, 2.05) is 18.0 Å². The largest absolute Gasteiger partial charge is 0.352 e. The van der Waals surface area contributed by atoms with Crippen LogP contribution >= 0.6 is 0 Å². The first-order valence-electron chi connectivity index (χ1n) is 8.55. The number of rotatable bonds is 5. The molecule has 3 rings (SSSR count). The molecule has 0 atom stereocenters. The monoisotopic (exact) mass is 336 g/mol. The number of nitrogens with one attached hydrogen (secondary N) is 1. The summed E-state index contributed by atoms with van der Waals surface area (Å²) in [5, 5.41) is 3.09. The van der Waals surface area contributed by atoms with Crippen LogP contribution in [0.2, 0.25) is 0 Å². The lowest BCUT2D eigenvalue weighted by molar-refractivity contribution is -0.180. The maximum Gasteiger partial charge on any atom is 0.234 e. The minimum Gasteiger partial charge on any atom is -0.352 e. The molecule has 0 bridgehead atoms. The number of likely N-dealkylation sites (N-methyl/N-ethyl adjacent to an activating group) is 1. The zero-order valence-corrected chi connectivity index (χ0v) is 14.1. The van der Waals surface area contributed by atoms with Gasteiger partial charge in [-0.05, 0) is 37.6 Å². The molecule has 132 valence electrons. The van der Waals surface area contributed by atoms with Gasteiger partial charge < -0.3 is 14.8 Å². The predicted molar refractivity (Wildman–Crippen MR) is 87.8 cm³/mol. The van der Waals surface area contributed by atoms with Crippen LogP contribution in [0.4, 0.5) is 4.39 Å². The van der Waals surface area contributed by atoms with E-state index in [-0.39, 0.29) is 17.8 Å². The Morgan fingerprint density at radius 1 is 1.33 bits per heavy atom. The fourth-order valence-corrected chi connectivity index (χ4v) is 3.51. The second-order valence-corrected chi connectivity index (χ2v) is 6.75. The molecule has 1 spiro atoms. The third-order valence-corrected chi connectivity index (χ3v) is 4.68. The summed E-state index contributed by atoms with van der Waals surface area (Å²) in [4.78, 5) is 14.1. The Morgan fingerprint density at radius 2 is 2.04 bits per heavy atom. The molecule has 2 aliphatic rings. The lowest BCUT2D eigenvalue weighted by Gasteiger charge is -2.35. The summed E-state index contributed by atoms with van der Waals surface area (Å²) in [7, 11) is 1.86. The molecule has 2 fully saturated rings. The van der Waals surface area contributed by atoms with Gasteiger partial charge in [0.1, 0.15) is 5.82 Å². The standard InChI is InChI=1S/C18H25FN2O3/c1-21(12-14-3-2-4-15(19)11-14)13-17(22)20-16-5-7-18(8-6-16)23-9-10-24-18/h2-4,11,16H,5-10,12-13H2,1H3,(H,20,22). The van der Waals surface area contributed by atoms with Crippen molar-refractivity contribution >= 4 is 5.91 Å². The van der Waals surface area contributed by atoms with E-state index in [2.05, 4.69) is 5.32 Å². The van der Waals surface area contributed by atoms with Gasteiger partial charge in [0.25, 0.3) is 0 Å². The number of hydrogen-bond donors (Lipinski definition) is 1. The molecule has 1 saturated heterocycles. The Kier molecular flexibility index (Phi) is 5.48. The second kappa shape index (κ2) is 7.59. The number of ether oxygens (including phenoxy) is 2. The van der Waals surface area contributed by atoms with E-state index in [9.17, 15) is 9.18 Å². The number of carbonyl (C=O) groups is 1. The fourth-order valence-electron chi connectivity index (χ4n) is 3.51. The summed E-state index contributed by atoms with van der Waals surface area (Å²) < 4.78 is 24.6. The normalized spacial score (nSPS) is 20.6. The van der Waals surface area contributed by atoms with E-state index in [1.54, 1.807) is 6.07 Å². The Bertz CT molecular complexity index is 565. The van der Waals surface area contributed by atoms with Crippen molar-refractivity contribution in [2.24, 2.45) is 0 Å². The van der Waals surface area contributed by atoms with Crippen LogP contribution in [0.5, 0.6) is 0 Å². The predicted octanol–water partition coefficient (Wildman–Crippen LogP) is 2.06. The Hall–Kier alpha value is -1.50. The average molecular weight is 336 g/mol. The molecule has 1 amide bonds. The van der Waals surface area contributed by atoms with Crippen molar-refractivity contribution < 1.29 is 18.7 Å². The highest BCUT2D eigenvalue weighted by Crippen LogP contribution is 2.35. The topological polar surface area (TPSA) is 50.8 Å². The molecule has 6 heteroatoms. The first-order valence-corrected chi connectivity index (χ1v) is 8.55. The van der Waals surface area contributed by atoms with Crippen LogP contribution in [-0.4, -0.2) is 49.4 Å². The lowest BCUT2D eigenvalue weighted by atomic mass is 9.90. The van der Waals surface area contributed by atoms with Gasteiger partial charge in [0.2, 0.25) is 5.91 Å². The van der Waals surface area contributed by atoms with Crippen molar-refractivity contribution in [2.75, 3.05) is 26.8 Å². The number of carbonyl (C=O) groups excluding carboxylic acids is 1. The molecule has 1 aliphatic heterocycles. The van der Waals surface area contributed by atoms with Crippen LogP contribution in [0.1, 0.15) is 31.2 Å². The minimum atomic E-state index is -0.393. The molecule has 0 unspecified atom stereocenters. The van der Waals surface area contributed by atoms with Crippen molar-refractivity contribution in [3.8, 4) is 0 Å². The van der Waals surface area contributed by atoms with Crippen molar-refractivity contribution in [3.63, 3.8) is 0 Å². The third kappa shape index (κ3) is 4.53. The molecular formula is C18H25FN2O3. The third-order valence-electron chi connectivity index (χ3n) is 4.68. The van der Waals surface area contributed by atoms with Gasteiger partial charge in [0.15, 0.2) is 5.79 Å². The van der Waals surface area contributed by atoms with Gasteiger partial charge >= 0.3 is 0 Å². The van der Waals surface area contributed by atoms with Gasteiger partial charge in [-0.25, -0.2) is 4.39 Å². The SMILES string of the molecule is CN(CC(=O)NC1CCC2(CC1)OCCO2)Cc1cccc(F)c1. The van der Waals surface area contributed by atoms with Crippen molar-refractivity contribution in [3.05, 3.63) is 35.6 Å². The summed E-state index contributed by atoms with van der Waals surface area (Å²) in [6, 6.07) is 6.64. The Balaban J connectivity index is 1.41. The molecule has 1 aliphatic carbocycles. The number of hydrogen-bond acceptors (Lipinski definition) is 4. The molecule has 1 aromatic carbocycles. The first kappa shape index (κ1) is 17.3. The van der Waals surface area contributed by atoms with Crippen LogP contribution in [0.25, 0.3) is 0 Å². The number of nitrogens with zero attached hydrogens (tertiary/aromatic N) is 1. The zero-order chi connectivity index (χ0) is 17.0. The summed E-state index contributed by atoms with van der Waals surface area (Å²) in [6.07, 6.45) is 3.41. The molecule has 1 saturated carbocycles. The van der Waals surface area contributed by atoms with E-state index in [1.165, 1.54) is 12.1 Å². The smallest absolute Gasteiger partial charge is 0.234 e. The summed E-state index contributed by atoms with van der Waals surface area (Å²) in [5.41, 5.74) is 0.862. The van der Waals surface area contributed by atoms with Crippen LogP contribution in [0.3, 0.4) is 0 Å². The maximum atomic E-state index is 13.2. The average Bonchev–Trinajstić information content (AvgIpc) is 2.98. The molecule has 5 nitrogen and oxygen atoms in total. The highest BCUT2D eigenvalue weighted by Gasteiger charge is 2.40. The molecule has 0 radical (unpaired) electrons. The van der Waals surface area contributed by atoms with E-state index in [0.717, 1.165) is 31.2 Å². The van der Waals surface area contributed by atoms with Gasteiger partial charge in [-0.3, -0.25) is 9.69 Å². The van der Waals surface area contributed by atoms with Crippen LogP contribution in [-0.2, 0) is 20.8 Å². The van der Waals surface area contributed by atoms with Crippen molar-refractivity contribution in [1.29, 1.82) is 0 Å². The first-order chi connectivity index (χ1) is 11.5. The molecule has 0 aromatic heterocycles. The highest BCUT2D eigenvalue weighted by molar-refractivity contribution is 5.78. The molecular weight excluding hydrogens is 311 g/mol. The van der Waals surface area contributed by atoms with Crippen molar-refractivity contribution in [2.45, 2.75) is 44.1 Å². The van der Waals surface area contributed by atoms with Crippen molar-refractivity contribution in [1.82, 2.24) is 10.2 Å². The van der Waals surface area contributed by atoms with Gasteiger partial charge in [-0.1, -0.05) is 12.1 Å². The van der Waals surface area contributed by atoms with Gasteiger partial charge in [-0.2, -0.15) is 0 Å². The van der Waals surface area contributed by atoms with Crippen LogP contribution < -0.4 is 5.32 Å². The number of halogens is 1. The molecule has 1 heterocycles. The van der Waals surface area contributed by atoms with E-state index < -0.39 is 5.79 Å². The maximum absolute atomic E-state index is 13.2. The van der Waals surface area contributed by atoms with Gasteiger partial charge in [-0.15, -0.1) is 0 Å². The van der Waals surface area contributed by atoms with Gasteiger partial charge in [0, 0.05) is 25.4 Å². The Labute approximate surface area is 142 Å². The highest BCUT2D eigenvalue weighted by atomic mass is 19.1. The summed E-state index contributed by atoms with van der Waals surface area (Å²) in [6.45, 7) is 2.18. The number of benzene rings is 1. The Morgan fingerprint density at radius 3 is 2.71 bits per heavy atom. The summed E-state index contributed by atoms with van der Waals surface area (Å²) in [5.74, 6) is -0.643. The number of amides is 1. The fraction of sp³-hybridized carbons (Fsp3) is 0.611. The lowest BCUT2D eigenvalue weighted by Crippen LogP contribution is -2.46.